The van der Waals surface area contributed by atoms with E-state index in [1.54, 1.807) is 6.08 Å². The number of hydrogen-bond donors (Lipinski definition) is 1. The lowest BCUT2D eigenvalue weighted by Crippen LogP contribution is -2.55. The van der Waals surface area contributed by atoms with Crippen LogP contribution in [0.2, 0.25) is 36.3 Å². The van der Waals surface area contributed by atoms with Crippen molar-refractivity contribution in [2.75, 3.05) is 13.2 Å². The molecule has 0 spiro atoms. The van der Waals surface area contributed by atoms with Crippen LogP contribution >= 0.6 is 0 Å². The summed E-state index contributed by atoms with van der Waals surface area (Å²) >= 11 is 0. The molecule has 1 aromatic rings. The van der Waals surface area contributed by atoms with Crippen LogP contribution in [-0.4, -0.2) is 77.7 Å². The fourth-order valence-corrected chi connectivity index (χ4v) is 6.02. The Hall–Kier alpha value is -1.22. The number of carbonyl (C=O) groups is 1. The maximum atomic E-state index is 12.6. The Morgan fingerprint density at radius 2 is 1.49 bits per heavy atom. The second-order valence-corrected chi connectivity index (χ2v) is 23.8. The third kappa shape index (κ3) is 9.38. The number of ketones is 1. The molecule has 1 aromatic carbocycles. The Morgan fingerprint density at radius 1 is 0.902 bits per heavy atom. The molecular formula is C31H52O8Si2. The molecule has 41 heavy (non-hydrogen) atoms. The second-order valence-electron chi connectivity index (χ2n) is 14.2. The standard InChI is InChI=1S/C31H52O8Si2/c1-30(2,3)40(7,8)35-20-25-23(32)16-17-27(37-25)39-29-24(33)18-28(34-19-22-14-12-11-13-15-22)38-26(29)21-36-41(9,10)31(4,5)6/h11-17,24-29,33H,18-21H2,1-10H3/t24-,25+,26+,27-,28+,29-/m1/s1. The molecule has 0 bridgehead atoms. The molecule has 6 atom stereocenters. The van der Waals surface area contributed by atoms with E-state index >= 15 is 0 Å². The molecule has 10 heteroatoms. The first-order valence-electron chi connectivity index (χ1n) is 14.7. The quantitative estimate of drug-likeness (QED) is 0.308. The lowest BCUT2D eigenvalue weighted by atomic mass is 10.0. The van der Waals surface area contributed by atoms with Gasteiger partial charge in [-0.2, -0.15) is 0 Å². The largest absolute Gasteiger partial charge is 0.414 e. The first-order valence-corrected chi connectivity index (χ1v) is 20.5. The van der Waals surface area contributed by atoms with E-state index in [1.807, 2.05) is 30.3 Å². The second kappa shape index (κ2) is 13.6. The summed E-state index contributed by atoms with van der Waals surface area (Å²) in [6.45, 7) is 22.4. The van der Waals surface area contributed by atoms with Gasteiger partial charge in [-0.25, -0.2) is 0 Å². The van der Waals surface area contributed by atoms with E-state index in [0.717, 1.165) is 5.56 Å². The van der Waals surface area contributed by atoms with Crippen LogP contribution < -0.4 is 0 Å². The number of benzene rings is 1. The van der Waals surface area contributed by atoms with Gasteiger partial charge in [-0.3, -0.25) is 4.79 Å². The number of aliphatic hydroxyl groups excluding tert-OH is 1. The minimum Gasteiger partial charge on any atom is -0.414 e. The van der Waals surface area contributed by atoms with Crippen molar-refractivity contribution in [3.05, 3.63) is 48.0 Å². The first-order chi connectivity index (χ1) is 18.9. The first kappa shape index (κ1) is 34.3. The molecule has 0 aliphatic carbocycles. The highest BCUT2D eigenvalue weighted by Crippen LogP contribution is 2.38. The molecule has 0 unspecified atom stereocenters. The summed E-state index contributed by atoms with van der Waals surface area (Å²) in [4.78, 5) is 12.6. The average Bonchev–Trinajstić information content (AvgIpc) is 2.87. The van der Waals surface area contributed by atoms with E-state index in [1.165, 1.54) is 6.08 Å². The summed E-state index contributed by atoms with van der Waals surface area (Å²) in [5, 5.41) is 11.3. The summed E-state index contributed by atoms with van der Waals surface area (Å²) in [5.41, 5.74) is 1.02. The van der Waals surface area contributed by atoms with E-state index in [2.05, 4.69) is 67.7 Å². The smallest absolute Gasteiger partial charge is 0.192 e. The number of hydrogen-bond acceptors (Lipinski definition) is 8. The van der Waals surface area contributed by atoms with Gasteiger partial charge in [0.15, 0.2) is 35.0 Å². The fourth-order valence-electron chi connectivity index (χ4n) is 4.01. The number of ether oxygens (including phenoxy) is 4. The normalized spacial score (nSPS) is 28.2. The molecular weight excluding hydrogens is 557 g/mol. The van der Waals surface area contributed by atoms with Crippen LogP contribution in [0.4, 0.5) is 0 Å². The van der Waals surface area contributed by atoms with Crippen molar-refractivity contribution in [3.8, 4) is 0 Å². The van der Waals surface area contributed by atoms with Crippen LogP contribution in [0.25, 0.3) is 0 Å². The molecule has 2 heterocycles. The van der Waals surface area contributed by atoms with Gasteiger partial charge in [0.05, 0.1) is 25.9 Å². The lowest BCUT2D eigenvalue weighted by molar-refractivity contribution is -0.292. The van der Waals surface area contributed by atoms with Crippen LogP contribution in [0.3, 0.4) is 0 Å². The molecule has 1 N–H and O–H groups in total. The highest BCUT2D eigenvalue weighted by Gasteiger charge is 2.45. The van der Waals surface area contributed by atoms with Crippen molar-refractivity contribution in [3.63, 3.8) is 0 Å². The molecule has 2 aliphatic rings. The van der Waals surface area contributed by atoms with Gasteiger partial charge < -0.3 is 32.9 Å². The third-order valence-electron chi connectivity index (χ3n) is 8.93. The van der Waals surface area contributed by atoms with Crippen molar-refractivity contribution < 1.29 is 37.7 Å². The SMILES string of the molecule is CC(C)(C)[Si](C)(C)OC[C@@H]1O[C@H](O[C@@H]2[C@H](O)C[C@@H](OCc3ccccc3)O[C@H]2CO[Si](C)(C)C(C)(C)C)C=CC1=O. The summed E-state index contributed by atoms with van der Waals surface area (Å²) in [5.74, 6) is -0.156. The Balaban J connectivity index is 1.70. The number of rotatable bonds is 11. The zero-order chi connectivity index (χ0) is 30.6. The van der Waals surface area contributed by atoms with Crippen molar-refractivity contribution in [2.24, 2.45) is 0 Å². The minimum absolute atomic E-state index is 0.00674. The lowest BCUT2D eigenvalue weighted by Gasteiger charge is -2.43. The topological polar surface area (TPSA) is 92.7 Å². The van der Waals surface area contributed by atoms with Gasteiger partial charge in [-0.15, -0.1) is 0 Å². The summed E-state index contributed by atoms with van der Waals surface area (Å²) in [7, 11) is -4.18. The molecule has 1 fully saturated rings. The molecule has 3 rings (SSSR count). The van der Waals surface area contributed by atoms with E-state index in [0.29, 0.717) is 6.61 Å². The van der Waals surface area contributed by atoms with Crippen molar-refractivity contribution in [2.45, 2.75) is 128 Å². The Morgan fingerprint density at radius 3 is 2.07 bits per heavy atom. The van der Waals surface area contributed by atoms with E-state index in [-0.39, 0.29) is 35.5 Å². The maximum absolute atomic E-state index is 12.6. The van der Waals surface area contributed by atoms with Gasteiger partial charge in [0.2, 0.25) is 0 Å². The predicted molar refractivity (Wildman–Crippen MR) is 164 cm³/mol. The molecule has 0 radical (unpaired) electrons. The zero-order valence-electron chi connectivity index (χ0n) is 26.6. The van der Waals surface area contributed by atoms with Crippen molar-refractivity contribution in [1.82, 2.24) is 0 Å². The van der Waals surface area contributed by atoms with Crippen LogP contribution in [0.5, 0.6) is 0 Å². The maximum Gasteiger partial charge on any atom is 0.192 e. The average molecular weight is 609 g/mol. The van der Waals surface area contributed by atoms with E-state index in [4.69, 9.17) is 27.8 Å². The molecule has 8 nitrogen and oxygen atoms in total. The van der Waals surface area contributed by atoms with Crippen LogP contribution in [0.15, 0.2) is 42.5 Å². The molecule has 0 saturated carbocycles. The predicted octanol–water partition coefficient (Wildman–Crippen LogP) is 5.96. The highest BCUT2D eigenvalue weighted by atomic mass is 28.4. The third-order valence-corrected chi connectivity index (χ3v) is 17.9. The van der Waals surface area contributed by atoms with Crippen LogP contribution in [-0.2, 0) is 39.2 Å². The molecule has 232 valence electrons. The number of carbonyl (C=O) groups excluding carboxylic acids is 1. The Bertz CT molecular complexity index is 1020. The number of aliphatic hydroxyl groups is 1. The van der Waals surface area contributed by atoms with Gasteiger partial charge in [0.25, 0.3) is 0 Å². The van der Waals surface area contributed by atoms with Crippen LogP contribution in [0, 0.1) is 0 Å². The zero-order valence-corrected chi connectivity index (χ0v) is 28.6. The van der Waals surface area contributed by atoms with Crippen molar-refractivity contribution in [1.29, 1.82) is 0 Å². The molecule has 1 saturated heterocycles. The van der Waals surface area contributed by atoms with Gasteiger partial charge in [0, 0.05) is 6.42 Å². The van der Waals surface area contributed by atoms with Gasteiger partial charge in [-0.1, -0.05) is 71.9 Å². The van der Waals surface area contributed by atoms with Gasteiger partial charge in [-0.05, 0) is 54.0 Å². The van der Waals surface area contributed by atoms with Crippen molar-refractivity contribution >= 4 is 22.4 Å². The Labute approximate surface area is 248 Å². The molecule has 2 aliphatic heterocycles. The summed E-state index contributed by atoms with van der Waals surface area (Å²) in [6, 6.07) is 9.86. The van der Waals surface area contributed by atoms with Gasteiger partial charge >= 0.3 is 0 Å². The minimum atomic E-state index is -2.11. The van der Waals surface area contributed by atoms with E-state index < -0.39 is 53.6 Å². The summed E-state index contributed by atoms with van der Waals surface area (Å²) < 4.78 is 37.5. The Kier molecular flexibility index (Phi) is 11.4. The van der Waals surface area contributed by atoms with Gasteiger partial charge in [0.1, 0.15) is 18.3 Å². The fraction of sp³-hybridized carbons (Fsp3) is 0.710. The summed E-state index contributed by atoms with van der Waals surface area (Å²) in [6.07, 6.45) is -1.13. The molecule has 0 aromatic heterocycles. The molecule has 0 amide bonds. The highest BCUT2D eigenvalue weighted by molar-refractivity contribution is 6.74. The van der Waals surface area contributed by atoms with Crippen LogP contribution in [0.1, 0.15) is 53.5 Å². The van der Waals surface area contributed by atoms with E-state index in [9.17, 15) is 9.90 Å². The monoisotopic (exact) mass is 608 g/mol.